The van der Waals surface area contributed by atoms with Gasteiger partial charge in [0.15, 0.2) is 0 Å². The fraction of sp³-hybridized carbons (Fsp3) is 0.500. The maximum absolute atomic E-state index is 10.8. The van der Waals surface area contributed by atoms with Gasteiger partial charge >= 0.3 is 0 Å². The molecule has 0 spiro atoms. The number of nitrogen functional groups attached to an aromatic ring is 1. The molecule has 0 aliphatic heterocycles. The van der Waals surface area contributed by atoms with Gasteiger partial charge in [-0.15, -0.1) is 0 Å². The summed E-state index contributed by atoms with van der Waals surface area (Å²) in [5.41, 5.74) is 4.09. The fourth-order valence-corrected chi connectivity index (χ4v) is 1.70. The van der Waals surface area contributed by atoms with E-state index in [0.717, 1.165) is 12.1 Å². The quantitative estimate of drug-likeness (QED) is 0.320. The molecule has 0 unspecified atom stereocenters. The Kier molecular flexibility index (Phi) is 6.20. The summed E-state index contributed by atoms with van der Waals surface area (Å²) in [5, 5.41) is 10.8. The van der Waals surface area contributed by atoms with Crippen LogP contribution in [0.15, 0.2) is 18.2 Å². The van der Waals surface area contributed by atoms with E-state index in [-0.39, 0.29) is 5.69 Å². The van der Waals surface area contributed by atoms with E-state index in [2.05, 4.69) is 5.43 Å². The van der Waals surface area contributed by atoms with Gasteiger partial charge in [0, 0.05) is 31.8 Å². The summed E-state index contributed by atoms with van der Waals surface area (Å²) in [7, 11) is 1.93. The number of hydrogen-bond acceptors (Lipinski definition) is 6. The van der Waals surface area contributed by atoms with Gasteiger partial charge in [-0.3, -0.25) is 20.9 Å². The molecule has 0 atom stereocenters. The molecular weight excluding hydrogens is 248 g/mol. The van der Waals surface area contributed by atoms with Crippen molar-refractivity contribution in [2.45, 2.75) is 13.5 Å². The highest BCUT2D eigenvalue weighted by Crippen LogP contribution is 2.22. The van der Waals surface area contributed by atoms with Gasteiger partial charge in [-0.1, -0.05) is 0 Å². The fourth-order valence-electron chi connectivity index (χ4n) is 1.70. The Labute approximate surface area is 112 Å². The summed E-state index contributed by atoms with van der Waals surface area (Å²) in [5.74, 6) is 5.41. The second-order valence-corrected chi connectivity index (χ2v) is 4.18. The van der Waals surface area contributed by atoms with Gasteiger partial charge in [0.05, 0.1) is 17.2 Å². The van der Waals surface area contributed by atoms with Crippen LogP contribution in [0.3, 0.4) is 0 Å². The normalized spacial score (nSPS) is 10.7. The second kappa shape index (κ2) is 7.67. The average Bonchev–Trinajstić information content (AvgIpc) is 2.38. The maximum atomic E-state index is 10.8. The van der Waals surface area contributed by atoms with Crippen LogP contribution in [-0.4, -0.2) is 36.6 Å². The first-order valence-electron chi connectivity index (χ1n) is 6.08. The summed E-state index contributed by atoms with van der Waals surface area (Å²) >= 11 is 0. The lowest BCUT2D eigenvalue weighted by Crippen LogP contribution is -2.24. The molecule has 19 heavy (non-hydrogen) atoms. The predicted molar refractivity (Wildman–Crippen MR) is 73.7 cm³/mol. The van der Waals surface area contributed by atoms with Gasteiger partial charge in [-0.25, -0.2) is 0 Å². The van der Waals surface area contributed by atoms with Crippen molar-refractivity contribution >= 4 is 11.4 Å². The number of nitrogens with one attached hydrogen (secondary N) is 1. The van der Waals surface area contributed by atoms with E-state index in [1.807, 2.05) is 18.9 Å². The molecule has 7 nitrogen and oxygen atoms in total. The molecule has 0 heterocycles. The van der Waals surface area contributed by atoms with Crippen molar-refractivity contribution in [1.29, 1.82) is 0 Å². The Morgan fingerprint density at radius 3 is 2.84 bits per heavy atom. The van der Waals surface area contributed by atoms with Gasteiger partial charge in [-0.2, -0.15) is 0 Å². The molecule has 106 valence electrons. The van der Waals surface area contributed by atoms with Crippen molar-refractivity contribution in [3.05, 3.63) is 33.9 Å². The number of hydrogen-bond donors (Lipinski definition) is 2. The molecule has 0 bridgehead atoms. The molecule has 0 aliphatic rings. The van der Waals surface area contributed by atoms with Crippen LogP contribution in [0.4, 0.5) is 11.4 Å². The molecule has 0 radical (unpaired) electrons. The second-order valence-electron chi connectivity index (χ2n) is 4.18. The van der Waals surface area contributed by atoms with E-state index in [4.69, 9.17) is 10.6 Å². The minimum absolute atomic E-state index is 0.0622. The van der Waals surface area contributed by atoms with Crippen molar-refractivity contribution in [3.8, 4) is 0 Å². The molecule has 1 aromatic carbocycles. The monoisotopic (exact) mass is 268 g/mol. The minimum atomic E-state index is -0.413. The van der Waals surface area contributed by atoms with Crippen LogP contribution in [0.1, 0.15) is 12.5 Å². The van der Waals surface area contributed by atoms with Crippen molar-refractivity contribution in [2.75, 3.05) is 32.2 Å². The van der Waals surface area contributed by atoms with E-state index in [0.29, 0.717) is 25.4 Å². The number of non-ortho nitro benzene ring substituents is 1. The van der Waals surface area contributed by atoms with Crippen LogP contribution < -0.4 is 11.3 Å². The summed E-state index contributed by atoms with van der Waals surface area (Å²) in [4.78, 5) is 12.4. The lowest BCUT2D eigenvalue weighted by atomic mass is 10.1. The predicted octanol–water partition coefficient (Wildman–Crippen LogP) is 1.35. The Morgan fingerprint density at radius 2 is 2.26 bits per heavy atom. The highest BCUT2D eigenvalue weighted by molar-refractivity contribution is 5.55. The van der Waals surface area contributed by atoms with E-state index < -0.39 is 4.92 Å². The number of benzene rings is 1. The first kappa shape index (κ1) is 15.4. The number of ether oxygens (including phenoxy) is 1. The lowest BCUT2D eigenvalue weighted by molar-refractivity contribution is -0.384. The molecule has 0 aromatic heterocycles. The zero-order valence-electron chi connectivity index (χ0n) is 11.3. The third-order valence-electron chi connectivity index (χ3n) is 2.72. The van der Waals surface area contributed by atoms with Gasteiger partial charge in [0.2, 0.25) is 0 Å². The van der Waals surface area contributed by atoms with Crippen LogP contribution in [0, 0.1) is 10.1 Å². The molecule has 0 fully saturated rings. The highest BCUT2D eigenvalue weighted by Gasteiger charge is 2.11. The third-order valence-corrected chi connectivity index (χ3v) is 2.72. The first-order valence-corrected chi connectivity index (χ1v) is 6.08. The van der Waals surface area contributed by atoms with E-state index >= 15 is 0 Å². The maximum Gasteiger partial charge on any atom is 0.269 e. The first-order chi connectivity index (χ1) is 9.08. The molecule has 0 aliphatic carbocycles. The lowest BCUT2D eigenvalue weighted by Gasteiger charge is -2.18. The Balaban J connectivity index is 2.74. The van der Waals surface area contributed by atoms with Crippen molar-refractivity contribution in [3.63, 3.8) is 0 Å². The zero-order valence-corrected chi connectivity index (χ0v) is 11.3. The number of nitrogens with two attached hydrogens (primary N) is 1. The third kappa shape index (κ3) is 4.82. The summed E-state index contributed by atoms with van der Waals surface area (Å²) in [6.07, 6.45) is 0. The van der Waals surface area contributed by atoms with Gasteiger partial charge in [-0.05, 0) is 25.6 Å². The van der Waals surface area contributed by atoms with E-state index in [1.165, 1.54) is 12.1 Å². The van der Waals surface area contributed by atoms with Crippen LogP contribution in [-0.2, 0) is 11.3 Å². The van der Waals surface area contributed by atoms with Crippen LogP contribution in [0.5, 0.6) is 0 Å². The summed E-state index contributed by atoms with van der Waals surface area (Å²) in [6, 6.07) is 4.58. The van der Waals surface area contributed by atoms with Crippen molar-refractivity contribution < 1.29 is 9.66 Å². The number of nitro groups is 1. The number of hydrazine groups is 1. The molecule has 1 rings (SSSR count). The van der Waals surface area contributed by atoms with Gasteiger partial charge in [0.1, 0.15) is 0 Å². The number of likely N-dealkylation sites (N-methyl/N-ethyl adjacent to an activating group) is 1. The van der Waals surface area contributed by atoms with E-state index in [1.54, 1.807) is 6.07 Å². The largest absolute Gasteiger partial charge is 0.380 e. The highest BCUT2D eigenvalue weighted by atomic mass is 16.6. The Morgan fingerprint density at radius 1 is 1.53 bits per heavy atom. The Hall–Kier alpha value is -1.70. The molecule has 7 heteroatoms. The zero-order chi connectivity index (χ0) is 14.3. The molecule has 1 aromatic rings. The molecule has 0 saturated heterocycles. The van der Waals surface area contributed by atoms with Crippen LogP contribution in [0.2, 0.25) is 0 Å². The molecule has 0 saturated carbocycles. The number of anilines is 1. The standard InChI is InChI=1S/C12H20N4O3/c1-3-19-7-6-15(2)9-10-8-11(16(17)18)4-5-12(10)14-13/h4-5,8,14H,3,6-7,9,13H2,1-2H3. The summed E-state index contributed by atoms with van der Waals surface area (Å²) in [6.45, 7) is 4.57. The van der Waals surface area contributed by atoms with Gasteiger partial charge < -0.3 is 10.2 Å². The van der Waals surface area contributed by atoms with E-state index in [9.17, 15) is 10.1 Å². The van der Waals surface area contributed by atoms with Gasteiger partial charge in [0.25, 0.3) is 5.69 Å². The molecular formula is C12H20N4O3. The van der Waals surface area contributed by atoms with Crippen molar-refractivity contribution in [1.82, 2.24) is 4.90 Å². The Bertz CT molecular complexity index is 425. The topological polar surface area (TPSA) is 93.7 Å². The molecule has 0 amide bonds. The van der Waals surface area contributed by atoms with Crippen molar-refractivity contribution in [2.24, 2.45) is 5.84 Å². The molecule has 3 N–H and O–H groups in total. The average molecular weight is 268 g/mol. The minimum Gasteiger partial charge on any atom is -0.380 e. The number of rotatable bonds is 8. The van der Waals surface area contributed by atoms with Crippen LogP contribution in [0.25, 0.3) is 0 Å². The van der Waals surface area contributed by atoms with Crippen LogP contribution >= 0.6 is 0 Å². The smallest absolute Gasteiger partial charge is 0.269 e. The SMILES string of the molecule is CCOCCN(C)Cc1cc([N+](=O)[O-])ccc1NN. The summed E-state index contributed by atoms with van der Waals surface area (Å²) < 4.78 is 5.27. The number of nitro benzene ring substituents is 1. The number of nitrogens with zero attached hydrogens (tertiary/aromatic N) is 2.